The van der Waals surface area contributed by atoms with Crippen LogP contribution in [0.5, 0.6) is 0 Å². The molecule has 0 aliphatic carbocycles. The Kier molecular flexibility index (Phi) is 6.57. The van der Waals surface area contributed by atoms with E-state index in [2.05, 4.69) is 81.0 Å². The summed E-state index contributed by atoms with van der Waals surface area (Å²) in [6.07, 6.45) is 2.54. The Bertz CT molecular complexity index is 816. The highest BCUT2D eigenvalue weighted by molar-refractivity contribution is 5.60. The van der Waals surface area contributed by atoms with Crippen molar-refractivity contribution in [2.45, 2.75) is 20.3 Å². The minimum atomic E-state index is 0.524. The van der Waals surface area contributed by atoms with E-state index in [0.29, 0.717) is 11.8 Å². The smallest absolute Gasteiger partial charge is 0.244 e. The molecule has 0 radical (unpaired) electrons. The maximum Gasteiger partial charge on any atom is 0.244 e. The Morgan fingerprint density at radius 2 is 1.67 bits per heavy atom. The molecule has 0 fully saturated rings. The highest BCUT2D eigenvalue weighted by Crippen LogP contribution is 2.20. The lowest BCUT2D eigenvalue weighted by Gasteiger charge is -2.21. The van der Waals surface area contributed by atoms with Crippen molar-refractivity contribution in [2.75, 3.05) is 35.2 Å². The van der Waals surface area contributed by atoms with Crippen LogP contribution < -0.4 is 15.5 Å². The second-order valence-corrected chi connectivity index (χ2v) is 6.17. The van der Waals surface area contributed by atoms with Gasteiger partial charge >= 0.3 is 0 Å². The van der Waals surface area contributed by atoms with Crippen LogP contribution >= 0.6 is 0 Å². The third-order valence-corrected chi connectivity index (χ3v) is 4.37. The molecule has 6 heteroatoms. The van der Waals surface area contributed by atoms with Crippen molar-refractivity contribution >= 4 is 23.1 Å². The van der Waals surface area contributed by atoms with Gasteiger partial charge in [0.25, 0.3) is 0 Å². The Morgan fingerprint density at radius 3 is 2.37 bits per heavy atom. The average Bonchev–Trinajstić information content (AvgIpc) is 2.71. The molecule has 0 unspecified atom stereocenters. The van der Waals surface area contributed by atoms with Gasteiger partial charge in [-0.3, -0.25) is 0 Å². The van der Waals surface area contributed by atoms with E-state index in [9.17, 15) is 0 Å². The van der Waals surface area contributed by atoms with Crippen molar-refractivity contribution in [3.05, 3.63) is 66.4 Å². The third-order valence-electron chi connectivity index (χ3n) is 4.37. The number of nitrogens with zero attached hydrogens (tertiary/aromatic N) is 4. The van der Waals surface area contributed by atoms with Gasteiger partial charge in [-0.2, -0.15) is 10.1 Å². The van der Waals surface area contributed by atoms with Gasteiger partial charge in [-0.1, -0.05) is 30.3 Å². The van der Waals surface area contributed by atoms with Crippen molar-refractivity contribution in [1.29, 1.82) is 0 Å². The van der Waals surface area contributed by atoms with Crippen LogP contribution in [0.15, 0.2) is 60.8 Å². The molecule has 0 aliphatic heterocycles. The van der Waals surface area contributed by atoms with Gasteiger partial charge in [-0.15, -0.1) is 5.10 Å². The lowest BCUT2D eigenvalue weighted by atomic mass is 10.1. The first-order valence-electron chi connectivity index (χ1n) is 9.38. The number of hydrogen-bond acceptors (Lipinski definition) is 6. The zero-order chi connectivity index (χ0) is 18.9. The van der Waals surface area contributed by atoms with Crippen LogP contribution in [-0.2, 0) is 6.42 Å². The molecular formula is C21H26N6. The molecule has 0 spiro atoms. The predicted octanol–water partition coefficient (Wildman–Crippen LogP) is 4.12. The van der Waals surface area contributed by atoms with E-state index in [1.807, 2.05) is 18.2 Å². The Labute approximate surface area is 160 Å². The van der Waals surface area contributed by atoms with E-state index in [4.69, 9.17) is 0 Å². The largest absolute Gasteiger partial charge is 0.372 e. The van der Waals surface area contributed by atoms with Gasteiger partial charge in [0.05, 0.1) is 6.20 Å². The zero-order valence-electron chi connectivity index (χ0n) is 15.9. The third kappa shape index (κ3) is 5.41. The van der Waals surface area contributed by atoms with Crippen molar-refractivity contribution in [3.63, 3.8) is 0 Å². The molecule has 2 N–H and O–H groups in total. The molecule has 1 aromatic heterocycles. The Balaban J connectivity index is 1.57. The minimum absolute atomic E-state index is 0.524. The SMILES string of the molecule is CCN(CC)c1ccc(Nc2cnnc(NCCc3ccccc3)n2)cc1. The second kappa shape index (κ2) is 9.52. The van der Waals surface area contributed by atoms with E-state index in [1.54, 1.807) is 6.20 Å². The van der Waals surface area contributed by atoms with Crippen LogP contribution in [0.4, 0.5) is 23.1 Å². The lowest BCUT2D eigenvalue weighted by Crippen LogP contribution is -2.21. The zero-order valence-corrected chi connectivity index (χ0v) is 15.9. The minimum Gasteiger partial charge on any atom is -0.372 e. The summed E-state index contributed by atoms with van der Waals surface area (Å²) >= 11 is 0. The van der Waals surface area contributed by atoms with Gasteiger partial charge < -0.3 is 15.5 Å². The van der Waals surface area contributed by atoms with E-state index in [1.165, 1.54) is 11.3 Å². The monoisotopic (exact) mass is 362 g/mol. The summed E-state index contributed by atoms with van der Waals surface area (Å²) < 4.78 is 0. The molecule has 1 heterocycles. The molecule has 0 saturated carbocycles. The van der Waals surface area contributed by atoms with Crippen molar-refractivity contribution in [3.8, 4) is 0 Å². The second-order valence-electron chi connectivity index (χ2n) is 6.17. The molecular weight excluding hydrogens is 336 g/mol. The first kappa shape index (κ1) is 18.6. The van der Waals surface area contributed by atoms with E-state index in [0.717, 1.165) is 31.7 Å². The highest BCUT2D eigenvalue weighted by atomic mass is 15.3. The molecule has 140 valence electrons. The molecule has 0 saturated heterocycles. The topological polar surface area (TPSA) is 66.0 Å². The summed E-state index contributed by atoms with van der Waals surface area (Å²) in [6, 6.07) is 18.7. The first-order valence-corrected chi connectivity index (χ1v) is 9.38. The molecule has 0 aliphatic rings. The number of benzene rings is 2. The average molecular weight is 362 g/mol. The summed E-state index contributed by atoms with van der Waals surface area (Å²) in [5.41, 5.74) is 3.47. The fourth-order valence-electron chi connectivity index (χ4n) is 2.89. The Hall–Kier alpha value is -3.15. The normalized spacial score (nSPS) is 10.4. The van der Waals surface area contributed by atoms with Crippen LogP contribution in [0.1, 0.15) is 19.4 Å². The number of nitrogens with one attached hydrogen (secondary N) is 2. The predicted molar refractivity (Wildman–Crippen MR) is 112 cm³/mol. The van der Waals surface area contributed by atoms with Crippen molar-refractivity contribution in [2.24, 2.45) is 0 Å². The lowest BCUT2D eigenvalue weighted by molar-refractivity contribution is 0.866. The van der Waals surface area contributed by atoms with Crippen molar-refractivity contribution in [1.82, 2.24) is 15.2 Å². The van der Waals surface area contributed by atoms with Gasteiger partial charge in [-0.25, -0.2) is 0 Å². The van der Waals surface area contributed by atoms with Crippen LogP contribution in [0.25, 0.3) is 0 Å². The molecule has 3 aromatic rings. The maximum atomic E-state index is 4.48. The number of rotatable bonds is 9. The van der Waals surface area contributed by atoms with Gasteiger partial charge in [0.15, 0.2) is 5.82 Å². The summed E-state index contributed by atoms with van der Waals surface area (Å²) in [4.78, 5) is 6.79. The van der Waals surface area contributed by atoms with Gasteiger partial charge in [0.2, 0.25) is 5.95 Å². The molecule has 0 bridgehead atoms. The van der Waals surface area contributed by atoms with Crippen LogP contribution in [0.3, 0.4) is 0 Å². The molecule has 6 nitrogen and oxygen atoms in total. The standard InChI is InChI=1S/C21H26N6/c1-3-27(4-2)19-12-10-18(11-13-19)24-20-16-23-26-21(25-20)22-15-14-17-8-6-5-7-9-17/h5-13,16H,3-4,14-15H2,1-2H3,(H2,22,24,25,26). The summed E-state index contributed by atoms with van der Waals surface area (Å²) in [5.74, 6) is 1.19. The van der Waals surface area contributed by atoms with Crippen LogP contribution in [0, 0.1) is 0 Å². The molecule has 3 rings (SSSR count). The number of aromatic nitrogens is 3. The van der Waals surface area contributed by atoms with E-state index in [-0.39, 0.29) is 0 Å². The van der Waals surface area contributed by atoms with Gasteiger partial charge in [-0.05, 0) is 50.1 Å². The fourth-order valence-corrected chi connectivity index (χ4v) is 2.89. The van der Waals surface area contributed by atoms with Gasteiger partial charge in [0, 0.05) is 31.0 Å². The summed E-state index contributed by atoms with van der Waals surface area (Å²) in [7, 11) is 0. The molecule has 2 aromatic carbocycles. The number of anilines is 4. The maximum absolute atomic E-state index is 4.48. The van der Waals surface area contributed by atoms with Gasteiger partial charge in [0.1, 0.15) is 0 Å². The first-order chi connectivity index (χ1) is 13.3. The molecule has 27 heavy (non-hydrogen) atoms. The highest BCUT2D eigenvalue weighted by Gasteiger charge is 2.04. The quantitative estimate of drug-likeness (QED) is 0.597. The van der Waals surface area contributed by atoms with Crippen LogP contribution in [-0.4, -0.2) is 34.8 Å². The van der Waals surface area contributed by atoms with Crippen molar-refractivity contribution < 1.29 is 0 Å². The van der Waals surface area contributed by atoms with E-state index >= 15 is 0 Å². The summed E-state index contributed by atoms with van der Waals surface area (Å²) in [6.45, 7) is 7.07. The summed E-state index contributed by atoms with van der Waals surface area (Å²) in [5, 5.41) is 14.6. The van der Waals surface area contributed by atoms with E-state index < -0.39 is 0 Å². The van der Waals surface area contributed by atoms with Crippen LogP contribution in [0.2, 0.25) is 0 Å². The fraction of sp³-hybridized carbons (Fsp3) is 0.286. The number of hydrogen-bond donors (Lipinski definition) is 2. The Morgan fingerprint density at radius 1 is 0.926 bits per heavy atom. The molecule has 0 amide bonds. The molecule has 0 atom stereocenters.